The molecule has 1 atom stereocenters. The molecule has 1 aliphatic rings. The molecule has 0 spiro atoms. The largest absolute Gasteiger partial charge is 0.444 e. The van der Waals surface area contributed by atoms with E-state index < -0.39 is 11.7 Å². The van der Waals surface area contributed by atoms with E-state index in [1.54, 1.807) is 11.3 Å². The van der Waals surface area contributed by atoms with Gasteiger partial charge in [-0.1, -0.05) is 0 Å². The number of aryl methyl sites for hydroxylation is 1. The number of piperidine rings is 1. The van der Waals surface area contributed by atoms with E-state index in [0.29, 0.717) is 13.0 Å². The van der Waals surface area contributed by atoms with E-state index in [-0.39, 0.29) is 11.9 Å². The van der Waals surface area contributed by atoms with E-state index in [1.807, 2.05) is 31.1 Å². The van der Waals surface area contributed by atoms with E-state index >= 15 is 0 Å². The first-order valence-corrected chi connectivity index (χ1v) is 9.06. The van der Waals surface area contributed by atoms with Gasteiger partial charge in [0.15, 0.2) is 0 Å². The Morgan fingerprint density at radius 1 is 1.43 bits per heavy atom. The summed E-state index contributed by atoms with van der Waals surface area (Å²) in [5, 5.41) is 6.99. The maximum absolute atomic E-state index is 12.3. The van der Waals surface area contributed by atoms with Gasteiger partial charge < -0.3 is 15.0 Å². The van der Waals surface area contributed by atoms with Crippen LogP contribution in [0, 0.1) is 0 Å². The fourth-order valence-electron chi connectivity index (χ4n) is 2.64. The van der Waals surface area contributed by atoms with Gasteiger partial charge in [-0.3, -0.25) is 4.79 Å². The van der Waals surface area contributed by atoms with Crippen molar-refractivity contribution in [2.24, 2.45) is 0 Å². The Labute approximate surface area is 142 Å². The van der Waals surface area contributed by atoms with Crippen LogP contribution in [0.1, 0.15) is 45.6 Å². The predicted molar refractivity (Wildman–Crippen MR) is 91.6 cm³/mol. The van der Waals surface area contributed by atoms with Gasteiger partial charge in [-0.15, -0.1) is 0 Å². The molecule has 0 unspecified atom stereocenters. The summed E-state index contributed by atoms with van der Waals surface area (Å²) in [6.45, 7) is 6.87. The SMILES string of the molecule is CC(C)(C)OC(=O)N[C@@H]1CCCN(C(=O)CCc2ccsc2)C1. The number of nitrogens with zero attached hydrogens (tertiary/aromatic N) is 1. The van der Waals surface area contributed by atoms with Crippen molar-refractivity contribution in [2.45, 2.75) is 58.1 Å². The molecule has 0 radical (unpaired) electrons. The van der Waals surface area contributed by atoms with Crippen LogP contribution < -0.4 is 5.32 Å². The number of carbonyl (C=O) groups is 2. The minimum Gasteiger partial charge on any atom is -0.444 e. The first-order valence-electron chi connectivity index (χ1n) is 8.12. The summed E-state index contributed by atoms with van der Waals surface area (Å²) >= 11 is 1.65. The topological polar surface area (TPSA) is 58.6 Å². The first kappa shape index (κ1) is 17.8. The maximum atomic E-state index is 12.3. The number of amides is 2. The van der Waals surface area contributed by atoms with Crippen LogP contribution >= 0.6 is 11.3 Å². The van der Waals surface area contributed by atoms with Gasteiger partial charge in [0.25, 0.3) is 0 Å². The first-order chi connectivity index (χ1) is 10.8. The van der Waals surface area contributed by atoms with E-state index in [0.717, 1.165) is 25.8 Å². The molecule has 0 saturated carbocycles. The summed E-state index contributed by atoms with van der Waals surface area (Å²) in [6, 6.07) is 2.03. The van der Waals surface area contributed by atoms with Gasteiger partial charge in [-0.05, 0) is 62.4 Å². The van der Waals surface area contributed by atoms with Gasteiger partial charge in [0.2, 0.25) is 5.91 Å². The van der Waals surface area contributed by atoms with Crippen molar-refractivity contribution in [3.8, 4) is 0 Å². The third-order valence-electron chi connectivity index (χ3n) is 3.70. The average Bonchev–Trinajstić information content (AvgIpc) is 2.96. The van der Waals surface area contributed by atoms with E-state index in [9.17, 15) is 9.59 Å². The number of rotatable bonds is 4. The summed E-state index contributed by atoms with van der Waals surface area (Å²) in [5.74, 6) is 0.159. The fourth-order valence-corrected chi connectivity index (χ4v) is 3.34. The molecule has 1 aromatic heterocycles. The number of hydrogen-bond acceptors (Lipinski definition) is 4. The average molecular weight is 338 g/mol. The quantitative estimate of drug-likeness (QED) is 0.917. The van der Waals surface area contributed by atoms with Crippen molar-refractivity contribution in [1.29, 1.82) is 0 Å². The van der Waals surface area contributed by atoms with Gasteiger partial charge in [-0.2, -0.15) is 11.3 Å². The van der Waals surface area contributed by atoms with E-state index in [4.69, 9.17) is 4.74 Å². The monoisotopic (exact) mass is 338 g/mol. The Balaban J connectivity index is 1.78. The second-order valence-electron chi connectivity index (χ2n) is 6.96. The lowest BCUT2D eigenvalue weighted by Crippen LogP contribution is -2.50. The second-order valence-corrected chi connectivity index (χ2v) is 7.74. The molecule has 1 aliphatic heterocycles. The number of thiophene rings is 1. The fraction of sp³-hybridized carbons (Fsp3) is 0.647. The Morgan fingerprint density at radius 2 is 2.22 bits per heavy atom. The summed E-state index contributed by atoms with van der Waals surface area (Å²) < 4.78 is 5.28. The highest BCUT2D eigenvalue weighted by atomic mass is 32.1. The number of carbonyl (C=O) groups excluding carboxylic acids is 2. The van der Waals surface area contributed by atoms with Gasteiger partial charge in [0, 0.05) is 25.6 Å². The van der Waals surface area contributed by atoms with Crippen LogP contribution in [0.3, 0.4) is 0 Å². The third kappa shape index (κ3) is 6.22. The molecule has 128 valence electrons. The van der Waals surface area contributed by atoms with Crippen LogP contribution in [0.5, 0.6) is 0 Å². The molecule has 1 aromatic rings. The van der Waals surface area contributed by atoms with Crippen LogP contribution in [0.4, 0.5) is 4.79 Å². The van der Waals surface area contributed by atoms with Crippen LogP contribution in [0.2, 0.25) is 0 Å². The molecule has 0 aromatic carbocycles. The molecule has 1 N–H and O–H groups in total. The smallest absolute Gasteiger partial charge is 0.407 e. The molecule has 6 heteroatoms. The van der Waals surface area contributed by atoms with Gasteiger partial charge in [-0.25, -0.2) is 4.79 Å². The number of alkyl carbamates (subject to hydrolysis) is 1. The van der Waals surface area contributed by atoms with Crippen molar-refractivity contribution in [2.75, 3.05) is 13.1 Å². The molecule has 2 amide bonds. The minimum atomic E-state index is -0.505. The molecule has 1 fully saturated rings. The lowest BCUT2D eigenvalue weighted by atomic mass is 10.0. The van der Waals surface area contributed by atoms with Crippen LogP contribution in [-0.2, 0) is 16.0 Å². The van der Waals surface area contributed by atoms with Crippen LogP contribution in [-0.4, -0.2) is 41.6 Å². The molecular weight excluding hydrogens is 312 g/mol. The van der Waals surface area contributed by atoms with Crippen molar-refractivity contribution in [3.63, 3.8) is 0 Å². The highest BCUT2D eigenvalue weighted by Gasteiger charge is 2.26. The summed E-state index contributed by atoms with van der Waals surface area (Å²) in [7, 11) is 0. The Morgan fingerprint density at radius 3 is 2.87 bits per heavy atom. The van der Waals surface area contributed by atoms with Crippen LogP contribution in [0.25, 0.3) is 0 Å². The van der Waals surface area contributed by atoms with Crippen molar-refractivity contribution in [3.05, 3.63) is 22.4 Å². The normalized spacial score (nSPS) is 18.6. The lowest BCUT2D eigenvalue weighted by molar-refractivity contribution is -0.132. The Kier molecular flexibility index (Phi) is 6.04. The number of nitrogens with one attached hydrogen (secondary N) is 1. The summed E-state index contributed by atoms with van der Waals surface area (Å²) in [6.07, 6.45) is 2.69. The zero-order valence-electron chi connectivity index (χ0n) is 14.1. The standard InChI is InChI=1S/C17H26N2O3S/c1-17(2,3)22-16(21)18-14-5-4-9-19(11-14)15(20)7-6-13-8-10-23-12-13/h8,10,12,14H,4-7,9,11H2,1-3H3,(H,18,21)/t14-/m1/s1. The summed E-state index contributed by atoms with van der Waals surface area (Å²) in [4.78, 5) is 26.0. The van der Waals surface area contributed by atoms with Gasteiger partial charge >= 0.3 is 6.09 Å². The highest BCUT2D eigenvalue weighted by Crippen LogP contribution is 2.15. The number of likely N-dealkylation sites (tertiary alicyclic amines) is 1. The summed E-state index contributed by atoms with van der Waals surface area (Å²) in [5.41, 5.74) is 0.707. The minimum absolute atomic E-state index is 0.0244. The predicted octanol–water partition coefficient (Wildman–Crippen LogP) is 3.20. The number of hydrogen-bond donors (Lipinski definition) is 1. The molecule has 0 bridgehead atoms. The zero-order valence-corrected chi connectivity index (χ0v) is 14.9. The molecule has 2 rings (SSSR count). The van der Waals surface area contributed by atoms with Crippen molar-refractivity contribution < 1.29 is 14.3 Å². The molecule has 1 saturated heterocycles. The molecule has 0 aliphatic carbocycles. The van der Waals surface area contributed by atoms with E-state index in [2.05, 4.69) is 16.8 Å². The Bertz CT molecular complexity index is 522. The number of ether oxygens (including phenoxy) is 1. The van der Waals surface area contributed by atoms with E-state index in [1.165, 1.54) is 5.56 Å². The molecular formula is C17H26N2O3S. The van der Waals surface area contributed by atoms with Gasteiger partial charge in [0.1, 0.15) is 5.60 Å². The van der Waals surface area contributed by atoms with Crippen molar-refractivity contribution >= 4 is 23.3 Å². The highest BCUT2D eigenvalue weighted by molar-refractivity contribution is 7.07. The molecule has 2 heterocycles. The second kappa shape index (κ2) is 7.81. The Hall–Kier alpha value is -1.56. The molecule has 5 nitrogen and oxygen atoms in total. The molecule has 23 heavy (non-hydrogen) atoms. The van der Waals surface area contributed by atoms with Crippen LogP contribution in [0.15, 0.2) is 16.8 Å². The lowest BCUT2D eigenvalue weighted by Gasteiger charge is -2.33. The third-order valence-corrected chi connectivity index (χ3v) is 4.43. The zero-order chi connectivity index (χ0) is 16.9. The van der Waals surface area contributed by atoms with Gasteiger partial charge in [0.05, 0.1) is 0 Å². The maximum Gasteiger partial charge on any atom is 0.407 e. The van der Waals surface area contributed by atoms with Crippen molar-refractivity contribution in [1.82, 2.24) is 10.2 Å².